The van der Waals surface area contributed by atoms with Crippen molar-refractivity contribution in [2.24, 2.45) is 0 Å². The minimum atomic E-state index is -0.777. The van der Waals surface area contributed by atoms with Gasteiger partial charge in [-0.25, -0.2) is 8.78 Å². The molecule has 2 aliphatic rings. The molecule has 24 heavy (non-hydrogen) atoms. The molecule has 0 amide bonds. The lowest BCUT2D eigenvalue weighted by atomic mass is 10.1. The van der Waals surface area contributed by atoms with E-state index in [1.807, 2.05) is 4.90 Å². The van der Waals surface area contributed by atoms with Gasteiger partial charge in [-0.05, 0) is 29.7 Å². The number of anilines is 2. The molecule has 0 spiro atoms. The fraction of sp³-hybridized carbons (Fsp3) is 0.368. The third kappa shape index (κ3) is 2.84. The number of nitrogens with zero attached hydrogens (tertiary/aromatic N) is 2. The van der Waals surface area contributed by atoms with Crippen molar-refractivity contribution in [1.82, 2.24) is 4.90 Å². The minimum Gasteiger partial charge on any atom is -0.384 e. The van der Waals surface area contributed by atoms with E-state index in [-0.39, 0.29) is 0 Å². The van der Waals surface area contributed by atoms with Gasteiger partial charge >= 0.3 is 0 Å². The molecule has 0 radical (unpaired) electrons. The summed E-state index contributed by atoms with van der Waals surface area (Å²) in [4.78, 5) is 4.31. The van der Waals surface area contributed by atoms with Crippen molar-refractivity contribution in [3.05, 3.63) is 59.2 Å². The van der Waals surface area contributed by atoms with Gasteiger partial charge in [-0.1, -0.05) is 24.3 Å². The minimum absolute atomic E-state index is 0.372. The van der Waals surface area contributed by atoms with Crippen LogP contribution in [0.2, 0.25) is 0 Å². The van der Waals surface area contributed by atoms with E-state index in [1.165, 1.54) is 16.8 Å². The summed E-state index contributed by atoms with van der Waals surface area (Å²) in [5.74, 6) is -1.52. The summed E-state index contributed by atoms with van der Waals surface area (Å²) < 4.78 is 27.3. The van der Waals surface area contributed by atoms with Gasteiger partial charge in [-0.2, -0.15) is 0 Å². The van der Waals surface area contributed by atoms with E-state index in [9.17, 15) is 8.78 Å². The van der Waals surface area contributed by atoms with Crippen molar-refractivity contribution < 1.29 is 8.78 Å². The maximum absolute atomic E-state index is 13.9. The molecule has 2 aromatic rings. The Labute approximate surface area is 140 Å². The van der Waals surface area contributed by atoms with Crippen LogP contribution in [0.25, 0.3) is 0 Å². The topological polar surface area (TPSA) is 18.5 Å². The fourth-order valence-electron chi connectivity index (χ4n) is 3.67. The smallest absolute Gasteiger partial charge is 0.182 e. The maximum atomic E-state index is 13.9. The van der Waals surface area contributed by atoms with Gasteiger partial charge in [0.25, 0.3) is 0 Å². The fourth-order valence-corrected chi connectivity index (χ4v) is 3.67. The van der Waals surface area contributed by atoms with Crippen LogP contribution in [0.15, 0.2) is 36.4 Å². The summed E-state index contributed by atoms with van der Waals surface area (Å²) in [5, 5.41) is 3.48. The van der Waals surface area contributed by atoms with Crippen LogP contribution in [-0.4, -0.2) is 37.6 Å². The van der Waals surface area contributed by atoms with Crippen LogP contribution in [0.1, 0.15) is 11.1 Å². The first-order valence-electron chi connectivity index (χ1n) is 8.48. The normalized spacial score (nSPS) is 17.7. The molecule has 2 aromatic carbocycles. The Bertz CT molecular complexity index is 739. The highest BCUT2D eigenvalue weighted by Crippen LogP contribution is 2.28. The first-order valence-corrected chi connectivity index (χ1v) is 8.48. The van der Waals surface area contributed by atoms with E-state index in [0.717, 1.165) is 38.7 Å². The average molecular weight is 329 g/mol. The van der Waals surface area contributed by atoms with Crippen LogP contribution in [0.5, 0.6) is 0 Å². The number of fused-ring (bicyclic) bond motifs is 1. The molecule has 0 unspecified atom stereocenters. The summed E-state index contributed by atoms with van der Waals surface area (Å²) in [6.07, 6.45) is 1.09. The lowest BCUT2D eigenvalue weighted by Gasteiger charge is -2.36. The van der Waals surface area contributed by atoms with E-state index in [0.29, 0.717) is 18.8 Å². The number of hydrogen-bond acceptors (Lipinski definition) is 3. The van der Waals surface area contributed by atoms with Crippen LogP contribution in [0, 0.1) is 11.6 Å². The van der Waals surface area contributed by atoms with Gasteiger partial charge in [0, 0.05) is 45.0 Å². The molecule has 2 heterocycles. The van der Waals surface area contributed by atoms with Crippen LogP contribution in [-0.2, 0) is 13.0 Å². The zero-order valence-corrected chi connectivity index (χ0v) is 13.6. The number of rotatable bonds is 3. The summed E-state index contributed by atoms with van der Waals surface area (Å²) in [6.45, 7) is 5.03. The lowest BCUT2D eigenvalue weighted by Crippen LogP contribution is -2.46. The predicted molar refractivity (Wildman–Crippen MR) is 92.5 cm³/mol. The Kier molecular flexibility index (Phi) is 4.10. The number of para-hydroxylation sites is 1. The summed E-state index contributed by atoms with van der Waals surface area (Å²) in [6, 6.07) is 10.9. The Hall–Kier alpha value is -2.14. The number of halogens is 2. The molecule has 5 heteroatoms. The van der Waals surface area contributed by atoms with Gasteiger partial charge in [0.2, 0.25) is 0 Å². The van der Waals surface area contributed by atoms with Gasteiger partial charge in [-0.15, -0.1) is 0 Å². The van der Waals surface area contributed by atoms with Gasteiger partial charge in [0.1, 0.15) is 0 Å². The monoisotopic (exact) mass is 329 g/mol. The quantitative estimate of drug-likeness (QED) is 0.932. The standard InChI is InChI=1S/C19H21F2N3/c20-16-5-2-6-17(18(16)21)24-11-9-23(10-12-24)13-15-4-1-3-14-7-8-22-19(14)15/h1-6,22H,7-13H2. The molecule has 0 aliphatic carbocycles. The van der Waals surface area contributed by atoms with Crippen LogP contribution in [0.3, 0.4) is 0 Å². The first-order chi connectivity index (χ1) is 11.7. The molecule has 1 saturated heterocycles. The van der Waals surface area contributed by atoms with E-state index < -0.39 is 11.6 Å². The van der Waals surface area contributed by atoms with Crippen molar-refractivity contribution in [2.45, 2.75) is 13.0 Å². The van der Waals surface area contributed by atoms with Gasteiger partial charge in [0.15, 0.2) is 11.6 Å². The Morgan fingerprint density at radius 2 is 1.75 bits per heavy atom. The van der Waals surface area contributed by atoms with Crippen molar-refractivity contribution in [1.29, 1.82) is 0 Å². The van der Waals surface area contributed by atoms with Crippen LogP contribution in [0.4, 0.5) is 20.2 Å². The number of hydrogen-bond donors (Lipinski definition) is 1. The Balaban J connectivity index is 1.42. The zero-order chi connectivity index (χ0) is 16.5. The second-order valence-electron chi connectivity index (χ2n) is 6.46. The zero-order valence-electron chi connectivity index (χ0n) is 13.6. The first kappa shape index (κ1) is 15.4. The lowest BCUT2D eigenvalue weighted by molar-refractivity contribution is 0.249. The summed E-state index contributed by atoms with van der Waals surface area (Å²) >= 11 is 0. The number of piperazine rings is 1. The van der Waals surface area contributed by atoms with Crippen molar-refractivity contribution in [3.8, 4) is 0 Å². The molecular weight excluding hydrogens is 308 g/mol. The molecule has 3 nitrogen and oxygen atoms in total. The van der Waals surface area contributed by atoms with Crippen molar-refractivity contribution >= 4 is 11.4 Å². The summed E-state index contributed by atoms with van der Waals surface area (Å²) in [5.41, 5.74) is 4.39. The third-order valence-electron chi connectivity index (χ3n) is 4.97. The van der Waals surface area contributed by atoms with Gasteiger partial charge in [0.05, 0.1) is 5.69 Å². The van der Waals surface area contributed by atoms with Crippen molar-refractivity contribution in [2.75, 3.05) is 42.9 Å². The number of benzene rings is 2. The van der Waals surface area contributed by atoms with Crippen molar-refractivity contribution in [3.63, 3.8) is 0 Å². The molecule has 2 aliphatic heterocycles. The highest BCUT2D eigenvalue weighted by atomic mass is 19.2. The van der Waals surface area contributed by atoms with Gasteiger partial charge < -0.3 is 10.2 Å². The Morgan fingerprint density at radius 1 is 0.958 bits per heavy atom. The second kappa shape index (κ2) is 6.40. The van der Waals surface area contributed by atoms with E-state index in [4.69, 9.17) is 0 Å². The van der Waals surface area contributed by atoms with E-state index in [1.54, 1.807) is 12.1 Å². The molecule has 4 rings (SSSR count). The molecule has 126 valence electrons. The molecule has 1 N–H and O–H groups in total. The molecule has 0 saturated carbocycles. The highest BCUT2D eigenvalue weighted by molar-refractivity contribution is 5.61. The molecule has 1 fully saturated rings. The third-order valence-corrected chi connectivity index (χ3v) is 4.97. The summed E-state index contributed by atoms with van der Waals surface area (Å²) in [7, 11) is 0. The van der Waals surface area contributed by atoms with Gasteiger partial charge in [-0.3, -0.25) is 4.90 Å². The SMILES string of the molecule is Fc1cccc(N2CCN(Cc3cccc4c3NCC4)CC2)c1F. The largest absolute Gasteiger partial charge is 0.384 e. The Morgan fingerprint density at radius 3 is 2.58 bits per heavy atom. The predicted octanol–water partition coefficient (Wildman–Crippen LogP) is 3.26. The second-order valence-corrected chi connectivity index (χ2v) is 6.46. The average Bonchev–Trinajstić information content (AvgIpc) is 3.08. The van der Waals surface area contributed by atoms with Crippen LogP contribution < -0.4 is 10.2 Å². The molecular formula is C19H21F2N3. The van der Waals surface area contributed by atoms with E-state index >= 15 is 0 Å². The molecule has 0 atom stereocenters. The van der Waals surface area contributed by atoms with Crippen LogP contribution >= 0.6 is 0 Å². The van der Waals surface area contributed by atoms with E-state index in [2.05, 4.69) is 28.4 Å². The molecule has 0 aromatic heterocycles. The molecule has 0 bridgehead atoms. The number of nitrogens with one attached hydrogen (secondary N) is 1. The maximum Gasteiger partial charge on any atom is 0.182 e. The highest BCUT2D eigenvalue weighted by Gasteiger charge is 2.22.